The minimum Gasteiger partial charge on any atom is -0.477 e. The Morgan fingerprint density at radius 2 is 0.671 bits per heavy atom. The molecule has 2 atom stereocenters. The number of rotatable bonds is 66. The molecule has 9 heteroatoms. The molecule has 0 aromatic carbocycles. The van der Waals surface area contributed by atoms with Crippen molar-refractivity contribution >= 4 is 17.9 Å². The van der Waals surface area contributed by atoms with Crippen molar-refractivity contribution in [3.05, 3.63) is 85.1 Å². The molecule has 0 bridgehead atoms. The molecule has 0 heterocycles. The van der Waals surface area contributed by atoms with Gasteiger partial charge in [0.25, 0.3) is 6.29 Å². The van der Waals surface area contributed by atoms with E-state index in [-0.39, 0.29) is 32.2 Å². The molecular formula is C76H136NO8+. The second-order valence-electron chi connectivity index (χ2n) is 25.2. The SMILES string of the molecule is CC/C=C\C/C=C\C/C=C\C/C=C\CCCCCCCCC(=O)OC(COC(=O)CCCCCCCCCCCCCCCCCCCCCCCCCCCC/C=C\C/C=C\C/C=C\CCCCCCC)COC(OCC[N+](C)(C)C)C(=O)O. The summed E-state index contributed by atoms with van der Waals surface area (Å²) in [6, 6.07) is 0. The lowest BCUT2D eigenvalue weighted by atomic mass is 10.0. The van der Waals surface area contributed by atoms with E-state index in [4.69, 9.17) is 18.9 Å². The molecule has 0 saturated carbocycles. The predicted molar refractivity (Wildman–Crippen MR) is 364 cm³/mol. The molecule has 0 rings (SSSR count). The number of carboxylic acid groups (broad SMARTS) is 1. The quantitative estimate of drug-likeness (QED) is 0.0211. The van der Waals surface area contributed by atoms with Crippen LogP contribution in [0.25, 0.3) is 0 Å². The number of quaternary nitrogens is 1. The summed E-state index contributed by atoms with van der Waals surface area (Å²) in [6.45, 7) is 4.76. The molecule has 0 aliphatic heterocycles. The van der Waals surface area contributed by atoms with E-state index in [1.165, 1.54) is 193 Å². The number of hydrogen-bond donors (Lipinski definition) is 1. The molecule has 0 saturated heterocycles. The van der Waals surface area contributed by atoms with Gasteiger partial charge in [0.15, 0.2) is 6.10 Å². The van der Waals surface area contributed by atoms with Crippen molar-refractivity contribution in [2.24, 2.45) is 0 Å². The van der Waals surface area contributed by atoms with E-state index in [2.05, 4.69) is 98.9 Å². The zero-order chi connectivity index (χ0) is 61.9. The first-order valence-electron chi connectivity index (χ1n) is 35.8. The fourth-order valence-corrected chi connectivity index (χ4v) is 10.2. The van der Waals surface area contributed by atoms with Gasteiger partial charge in [-0.25, -0.2) is 4.79 Å². The van der Waals surface area contributed by atoms with E-state index in [1.54, 1.807) is 0 Å². The summed E-state index contributed by atoms with van der Waals surface area (Å²) < 4.78 is 22.9. The van der Waals surface area contributed by atoms with Crippen LogP contribution in [0.4, 0.5) is 0 Å². The van der Waals surface area contributed by atoms with Crippen molar-refractivity contribution in [1.82, 2.24) is 0 Å². The lowest BCUT2D eigenvalue weighted by Crippen LogP contribution is -2.40. The maximum atomic E-state index is 12.9. The number of hydrogen-bond acceptors (Lipinski definition) is 7. The molecule has 9 nitrogen and oxygen atoms in total. The lowest BCUT2D eigenvalue weighted by molar-refractivity contribution is -0.870. The summed E-state index contributed by atoms with van der Waals surface area (Å²) in [7, 11) is 5.97. The van der Waals surface area contributed by atoms with E-state index in [0.717, 1.165) is 96.3 Å². The Labute approximate surface area is 525 Å². The number of allylic oxidation sites excluding steroid dienone is 14. The van der Waals surface area contributed by atoms with Crippen molar-refractivity contribution in [3.8, 4) is 0 Å². The molecule has 85 heavy (non-hydrogen) atoms. The van der Waals surface area contributed by atoms with Gasteiger partial charge >= 0.3 is 17.9 Å². The van der Waals surface area contributed by atoms with Gasteiger partial charge in [0, 0.05) is 12.8 Å². The maximum Gasteiger partial charge on any atom is 0.361 e. The number of unbranched alkanes of at least 4 members (excludes halogenated alkanes) is 37. The van der Waals surface area contributed by atoms with Crippen molar-refractivity contribution in [2.75, 3.05) is 47.5 Å². The first-order chi connectivity index (χ1) is 41.6. The summed E-state index contributed by atoms with van der Waals surface area (Å²) >= 11 is 0. The highest BCUT2D eigenvalue weighted by Gasteiger charge is 2.25. The molecule has 0 radical (unpaired) electrons. The van der Waals surface area contributed by atoms with Crippen LogP contribution < -0.4 is 0 Å². The first-order valence-corrected chi connectivity index (χ1v) is 35.8. The Bertz CT molecular complexity index is 1670. The monoisotopic (exact) mass is 1190 g/mol. The van der Waals surface area contributed by atoms with Gasteiger partial charge in [0.1, 0.15) is 13.2 Å². The largest absolute Gasteiger partial charge is 0.477 e. The third kappa shape index (κ3) is 67.8. The van der Waals surface area contributed by atoms with Crippen molar-refractivity contribution in [1.29, 1.82) is 0 Å². The number of ether oxygens (including phenoxy) is 4. The van der Waals surface area contributed by atoms with Gasteiger partial charge in [-0.3, -0.25) is 9.59 Å². The average molecular weight is 1190 g/mol. The fourth-order valence-electron chi connectivity index (χ4n) is 10.2. The Balaban J connectivity index is 3.96. The Morgan fingerprint density at radius 1 is 0.365 bits per heavy atom. The molecule has 0 aliphatic rings. The van der Waals surface area contributed by atoms with Crippen LogP contribution in [-0.4, -0.2) is 87.4 Å². The van der Waals surface area contributed by atoms with Crippen LogP contribution in [0, 0.1) is 0 Å². The number of carbonyl (C=O) groups is 3. The van der Waals surface area contributed by atoms with Crippen LogP contribution in [0.2, 0.25) is 0 Å². The highest BCUT2D eigenvalue weighted by molar-refractivity contribution is 5.71. The van der Waals surface area contributed by atoms with E-state index in [9.17, 15) is 19.5 Å². The van der Waals surface area contributed by atoms with Crippen LogP contribution in [0.3, 0.4) is 0 Å². The number of likely N-dealkylation sites (N-methyl/N-ethyl adjacent to an activating group) is 1. The van der Waals surface area contributed by atoms with Gasteiger partial charge < -0.3 is 28.5 Å². The molecule has 1 N–H and O–H groups in total. The van der Waals surface area contributed by atoms with Gasteiger partial charge in [-0.2, -0.15) is 0 Å². The van der Waals surface area contributed by atoms with Crippen molar-refractivity contribution in [3.63, 3.8) is 0 Å². The fraction of sp³-hybridized carbons (Fsp3) is 0.776. The van der Waals surface area contributed by atoms with E-state index in [1.807, 2.05) is 21.1 Å². The number of nitrogens with zero attached hydrogens (tertiary/aromatic N) is 1. The highest BCUT2D eigenvalue weighted by atomic mass is 16.7. The number of esters is 2. The number of carboxylic acids is 1. The molecule has 2 unspecified atom stereocenters. The average Bonchev–Trinajstić information content (AvgIpc) is 3.48. The summed E-state index contributed by atoms with van der Waals surface area (Å²) in [5.74, 6) is -2.01. The highest BCUT2D eigenvalue weighted by Crippen LogP contribution is 2.18. The van der Waals surface area contributed by atoms with Crippen molar-refractivity contribution < 1.29 is 42.9 Å². The first kappa shape index (κ1) is 81.5. The maximum absolute atomic E-state index is 12.9. The zero-order valence-electron chi connectivity index (χ0n) is 56.3. The van der Waals surface area contributed by atoms with Crippen LogP contribution in [0.5, 0.6) is 0 Å². The Hall–Kier alpha value is -3.53. The second-order valence-corrected chi connectivity index (χ2v) is 25.2. The van der Waals surface area contributed by atoms with E-state index < -0.39 is 24.3 Å². The third-order valence-electron chi connectivity index (χ3n) is 15.6. The minimum atomic E-state index is -1.52. The smallest absolute Gasteiger partial charge is 0.361 e. The molecule has 0 spiro atoms. The van der Waals surface area contributed by atoms with E-state index in [0.29, 0.717) is 23.9 Å². The van der Waals surface area contributed by atoms with Gasteiger partial charge in [-0.05, 0) is 89.9 Å². The second kappa shape index (κ2) is 66.4. The topological polar surface area (TPSA) is 108 Å². The zero-order valence-corrected chi connectivity index (χ0v) is 56.3. The normalized spacial score (nSPS) is 13.2. The number of carbonyl (C=O) groups excluding carboxylic acids is 2. The van der Waals surface area contributed by atoms with Crippen LogP contribution >= 0.6 is 0 Å². The lowest BCUT2D eigenvalue weighted by Gasteiger charge is -2.25. The molecule has 492 valence electrons. The molecule has 0 aromatic rings. The number of aliphatic carboxylic acids is 1. The third-order valence-corrected chi connectivity index (χ3v) is 15.6. The van der Waals surface area contributed by atoms with Gasteiger partial charge in [-0.1, -0.05) is 304 Å². The van der Waals surface area contributed by atoms with Crippen LogP contribution in [0.15, 0.2) is 85.1 Å². The van der Waals surface area contributed by atoms with Gasteiger partial charge in [0.2, 0.25) is 0 Å². The predicted octanol–water partition coefficient (Wildman–Crippen LogP) is 22.2. The summed E-state index contributed by atoms with van der Waals surface area (Å²) in [5, 5.41) is 9.73. The molecular weight excluding hydrogens is 1050 g/mol. The minimum absolute atomic E-state index is 0.183. The summed E-state index contributed by atoms with van der Waals surface area (Å²) in [5.41, 5.74) is 0. The summed E-state index contributed by atoms with van der Waals surface area (Å²) in [4.78, 5) is 37.6. The van der Waals surface area contributed by atoms with Crippen molar-refractivity contribution in [2.45, 2.75) is 334 Å². The van der Waals surface area contributed by atoms with Gasteiger partial charge in [-0.15, -0.1) is 0 Å². The summed E-state index contributed by atoms with van der Waals surface area (Å²) in [6.07, 6.45) is 87.2. The molecule has 0 aliphatic carbocycles. The molecule has 0 fully saturated rings. The van der Waals surface area contributed by atoms with Crippen LogP contribution in [0.1, 0.15) is 322 Å². The Kier molecular flexibility index (Phi) is 63.7. The van der Waals surface area contributed by atoms with Gasteiger partial charge in [0.05, 0.1) is 34.4 Å². The molecule has 0 amide bonds. The molecule has 0 aromatic heterocycles. The standard InChI is InChI=1S/C76H135NO8/c1-6-8-10-12-14-16-18-20-22-24-26-27-28-29-30-31-32-33-34-35-36-37-38-39-40-41-42-43-44-45-46-47-49-50-52-54-56-58-60-62-64-66-73(78)83-70-72(71-84-76(75(80)81)82-69-68-77(3,4)5)85-74(79)67-65-63-61-59-57-55-53-51-48-25-23-21-19-17-15-13-11-9-7-2/h9,11,15,17-18,20-21,23-24,26,28-29,48,51,72,76H,6-8,10,12-14,16,19,22,25,27,30-47,49-50,52-71H2,1-5H3/p+1/b11-9-,17-15-,20-18-,23-21-,26-24-,29-28-,51-48-. The van der Waals surface area contributed by atoms with E-state index >= 15 is 0 Å². The Morgan fingerprint density at radius 3 is 1.00 bits per heavy atom. The van der Waals surface area contributed by atoms with Crippen LogP contribution in [-0.2, 0) is 33.3 Å².